The summed E-state index contributed by atoms with van der Waals surface area (Å²) in [5.41, 5.74) is 6.63. The van der Waals surface area contributed by atoms with Crippen molar-refractivity contribution >= 4 is 17.8 Å². The molecule has 1 nitrogen and oxygen atoms in total. The molecule has 2 atom stereocenters. The van der Waals surface area contributed by atoms with Gasteiger partial charge in [0.15, 0.2) is 0 Å². The molecule has 28 heavy (non-hydrogen) atoms. The second kappa shape index (κ2) is 11.5. The minimum Gasteiger partial charge on any atom is -0.373 e. The van der Waals surface area contributed by atoms with Crippen LogP contribution in [0, 0.1) is 12.8 Å². The van der Waals surface area contributed by atoms with E-state index in [0.717, 1.165) is 12.3 Å². The summed E-state index contributed by atoms with van der Waals surface area (Å²) in [7, 11) is 0. The second-order valence-electron chi connectivity index (χ2n) is 8.07. The standard InChI is InChI=1S/C26H36OS/c1-7-9-25-20(4)10-8-11-24(25)18-27-21(5)17-22-12-14-23(15-13-22)26(28-6)16-19(2)3/h7-15,19,21,26H,16-18H2,1-6H3/b9-7-. The van der Waals surface area contributed by atoms with Crippen LogP contribution in [0.5, 0.6) is 0 Å². The third kappa shape index (κ3) is 6.83. The zero-order chi connectivity index (χ0) is 20.5. The fraction of sp³-hybridized carbons (Fsp3) is 0.462. The Morgan fingerprint density at radius 1 is 1.04 bits per heavy atom. The number of allylic oxidation sites excluding steroid dienone is 1. The summed E-state index contributed by atoms with van der Waals surface area (Å²) in [5, 5.41) is 0.592. The highest BCUT2D eigenvalue weighted by Gasteiger charge is 2.13. The van der Waals surface area contributed by atoms with Crippen molar-refractivity contribution in [2.45, 2.75) is 65.4 Å². The Morgan fingerprint density at radius 2 is 1.75 bits per heavy atom. The molecular formula is C26H36OS. The Balaban J connectivity index is 1.95. The number of thioether (sulfide) groups is 1. The fourth-order valence-electron chi connectivity index (χ4n) is 3.56. The Morgan fingerprint density at radius 3 is 2.36 bits per heavy atom. The van der Waals surface area contributed by atoms with E-state index in [1.807, 2.05) is 11.8 Å². The van der Waals surface area contributed by atoms with E-state index in [9.17, 15) is 0 Å². The third-order valence-corrected chi connectivity index (χ3v) is 6.15. The molecule has 2 rings (SSSR count). The molecule has 2 aromatic carbocycles. The van der Waals surface area contributed by atoms with Gasteiger partial charge in [-0.3, -0.25) is 0 Å². The van der Waals surface area contributed by atoms with E-state index in [1.165, 1.54) is 34.2 Å². The summed E-state index contributed by atoms with van der Waals surface area (Å²) in [6.07, 6.45) is 8.85. The van der Waals surface area contributed by atoms with Crippen LogP contribution in [0.25, 0.3) is 6.08 Å². The van der Waals surface area contributed by atoms with Gasteiger partial charge in [0.05, 0.1) is 12.7 Å². The van der Waals surface area contributed by atoms with Gasteiger partial charge < -0.3 is 4.74 Å². The van der Waals surface area contributed by atoms with Gasteiger partial charge in [0, 0.05) is 5.25 Å². The van der Waals surface area contributed by atoms with Gasteiger partial charge in [0.2, 0.25) is 0 Å². The monoisotopic (exact) mass is 396 g/mol. The van der Waals surface area contributed by atoms with Crippen LogP contribution in [-0.4, -0.2) is 12.4 Å². The first kappa shape index (κ1) is 22.8. The van der Waals surface area contributed by atoms with Gasteiger partial charge in [0.25, 0.3) is 0 Å². The lowest BCUT2D eigenvalue weighted by molar-refractivity contribution is 0.0534. The van der Waals surface area contributed by atoms with Crippen LogP contribution in [0.3, 0.4) is 0 Å². The second-order valence-corrected chi connectivity index (χ2v) is 9.11. The summed E-state index contributed by atoms with van der Waals surface area (Å²) < 4.78 is 6.19. The molecule has 0 bridgehead atoms. The molecule has 2 aromatic rings. The Kier molecular flexibility index (Phi) is 9.34. The molecule has 0 aliphatic rings. The normalized spacial score (nSPS) is 14.0. The molecule has 2 unspecified atom stereocenters. The first-order chi connectivity index (χ1) is 13.4. The van der Waals surface area contributed by atoms with E-state index < -0.39 is 0 Å². The average molecular weight is 397 g/mol. The molecule has 0 aliphatic heterocycles. The summed E-state index contributed by atoms with van der Waals surface area (Å²) >= 11 is 1.95. The molecule has 0 saturated heterocycles. The summed E-state index contributed by atoms with van der Waals surface area (Å²) in [4.78, 5) is 0. The number of hydrogen-bond acceptors (Lipinski definition) is 2. The van der Waals surface area contributed by atoms with Crippen LogP contribution in [0.4, 0.5) is 0 Å². The van der Waals surface area contributed by atoms with Crippen LogP contribution in [-0.2, 0) is 17.8 Å². The molecule has 0 fully saturated rings. The molecule has 152 valence electrons. The lowest BCUT2D eigenvalue weighted by Gasteiger charge is -2.18. The van der Waals surface area contributed by atoms with Gasteiger partial charge in [-0.05, 0) is 73.6 Å². The van der Waals surface area contributed by atoms with E-state index in [4.69, 9.17) is 4.74 Å². The van der Waals surface area contributed by atoms with Crippen molar-refractivity contribution in [3.63, 3.8) is 0 Å². The molecular weight excluding hydrogens is 360 g/mol. The maximum Gasteiger partial charge on any atom is 0.0726 e. The molecule has 0 spiro atoms. The molecule has 0 heterocycles. The van der Waals surface area contributed by atoms with Gasteiger partial charge in [-0.2, -0.15) is 11.8 Å². The topological polar surface area (TPSA) is 9.23 Å². The van der Waals surface area contributed by atoms with Crippen LogP contribution < -0.4 is 0 Å². The number of aryl methyl sites for hydroxylation is 1. The summed E-state index contributed by atoms with van der Waals surface area (Å²) in [6, 6.07) is 15.6. The highest BCUT2D eigenvalue weighted by atomic mass is 32.2. The lowest BCUT2D eigenvalue weighted by Crippen LogP contribution is -2.12. The highest BCUT2D eigenvalue weighted by Crippen LogP contribution is 2.33. The highest BCUT2D eigenvalue weighted by molar-refractivity contribution is 7.98. The molecule has 0 aliphatic carbocycles. The largest absolute Gasteiger partial charge is 0.373 e. The lowest BCUT2D eigenvalue weighted by atomic mass is 9.99. The van der Waals surface area contributed by atoms with E-state index >= 15 is 0 Å². The first-order valence-electron chi connectivity index (χ1n) is 10.4. The zero-order valence-electron chi connectivity index (χ0n) is 18.4. The molecule has 0 amide bonds. The number of rotatable bonds is 10. The number of benzene rings is 2. The minimum absolute atomic E-state index is 0.192. The Bertz CT molecular complexity index is 746. The number of ether oxygens (including phenoxy) is 1. The SMILES string of the molecule is C/C=C\c1c(C)cccc1COC(C)Cc1ccc(C(CC(C)C)SC)cc1. The predicted octanol–water partition coefficient (Wildman–Crippen LogP) is 7.63. The smallest absolute Gasteiger partial charge is 0.0726 e. The third-order valence-electron chi connectivity index (χ3n) is 5.12. The Hall–Kier alpha value is -1.51. The van der Waals surface area contributed by atoms with Gasteiger partial charge in [0.1, 0.15) is 0 Å². The van der Waals surface area contributed by atoms with Crippen molar-refractivity contribution in [2.75, 3.05) is 6.26 Å². The van der Waals surface area contributed by atoms with Gasteiger partial charge in [-0.25, -0.2) is 0 Å². The Labute approximate surface area is 176 Å². The van der Waals surface area contributed by atoms with Crippen molar-refractivity contribution in [1.29, 1.82) is 0 Å². The van der Waals surface area contributed by atoms with Crippen molar-refractivity contribution in [1.82, 2.24) is 0 Å². The van der Waals surface area contributed by atoms with Gasteiger partial charge >= 0.3 is 0 Å². The molecule has 2 heteroatoms. The predicted molar refractivity (Wildman–Crippen MR) is 126 cm³/mol. The zero-order valence-corrected chi connectivity index (χ0v) is 19.2. The van der Waals surface area contributed by atoms with Crippen molar-refractivity contribution in [3.05, 3.63) is 76.4 Å². The van der Waals surface area contributed by atoms with Crippen LogP contribution in [0.2, 0.25) is 0 Å². The average Bonchev–Trinajstić information content (AvgIpc) is 2.67. The van der Waals surface area contributed by atoms with Crippen LogP contribution in [0.1, 0.15) is 67.2 Å². The van der Waals surface area contributed by atoms with Crippen molar-refractivity contribution in [2.24, 2.45) is 5.92 Å². The maximum absolute atomic E-state index is 6.19. The van der Waals surface area contributed by atoms with E-state index in [0.29, 0.717) is 11.9 Å². The van der Waals surface area contributed by atoms with Crippen molar-refractivity contribution in [3.8, 4) is 0 Å². The number of hydrogen-bond donors (Lipinski definition) is 0. The quantitative estimate of drug-likeness (QED) is 0.408. The van der Waals surface area contributed by atoms with Crippen molar-refractivity contribution < 1.29 is 4.74 Å². The summed E-state index contributed by atoms with van der Waals surface area (Å²) in [5.74, 6) is 0.722. The van der Waals surface area contributed by atoms with E-state index in [-0.39, 0.29) is 6.10 Å². The van der Waals surface area contributed by atoms with E-state index in [1.54, 1.807) is 0 Å². The molecule has 0 radical (unpaired) electrons. The van der Waals surface area contributed by atoms with Gasteiger partial charge in [-0.15, -0.1) is 0 Å². The first-order valence-corrected chi connectivity index (χ1v) is 11.7. The maximum atomic E-state index is 6.19. The minimum atomic E-state index is 0.192. The fourth-order valence-corrected chi connectivity index (χ4v) is 4.57. The molecule has 0 N–H and O–H groups in total. The van der Waals surface area contributed by atoms with E-state index in [2.05, 4.69) is 95.5 Å². The summed E-state index contributed by atoms with van der Waals surface area (Å²) in [6.45, 7) is 11.6. The van der Waals surface area contributed by atoms with Crippen LogP contribution in [0.15, 0.2) is 48.5 Å². The van der Waals surface area contributed by atoms with Gasteiger partial charge in [-0.1, -0.05) is 68.5 Å². The molecule has 0 aromatic heterocycles. The molecule has 0 saturated carbocycles. The van der Waals surface area contributed by atoms with Crippen LogP contribution >= 0.6 is 11.8 Å².